The molecule has 0 aromatic carbocycles. The van der Waals surface area contributed by atoms with E-state index in [0.29, 0.717) is 33.0 Å². The van der Waals surface area contributed by atoms with Crippen molar-refractivity contribution in [3.8, 4) is 0 Å². The molecule has 0 aliphatic heterocycles. The van der Waals surface area contributed by atoms with Gasteiger partial charge in [0.05, 0.1) is 40.1 Å². The third-order valence-electron chi connectivity index (χ3n) is 2.12. The Morgan fingerprint density at radius 1 is 1.06 bits per heavy atom. The maximum atomic E-state index is 5.43. The average Bonchev–Trinajstić information content (AvgIpc) is 2.68. The second-order valence-electron chi connectivity index (χ2n) is 3.53. The summed E-state index contributed by atoms with van der Waals surface area (Å²) >= 11 is 0. The number of ether oxygens (including phenoxy) is 3. The highest BCUT2D eigenvalue weighted by atomic mass is 79.9. The number of halogens is 1. The number of nitrogens with zero attached hydrogens (tertiary/aromatic N) is 2. The highest BCUT2D eigenvalue weighted by Gasteiger charge is 1.98. The van der Waals surface area contributed by atoms with Crippen molar-refractivity contribution in [2.45, 2.75) is 6.54 Å². The first kappa shape index (κ1) is 16.6. The van der Waals surface area contributed by atoms with E-state index in [2.05, 4.69) is 4.57 Å². The summed E-state index contributed by atoms with van der Waals surface area (Å²) in [5.74, 6) is 0. The zero-order valence-electron chi connectivity index (χ0n) is 10.5. The number of methoxy groups -OCH3 is 1. The van der Waals surface area contributed by atoms with Crippen LogP contribution in [0.25, 0.3) is 0 Å². The van der Waals surface area contributed by atoms with Gasteiger partial charge in [-0.1, -0.05) is 0 Å². The fraction of sp³-hybridized carbons (Fsp3) is 0.727. The first-order chi connectivity index (χ1) is 7.83. The van der Waals surface area contributed by atoms with Gasteiger partial charge in [0.25, 0.3) is 0 Å². The van der Waals surface area contributed by atoms with Crippen LogP contribution in [-0.4, -0.2) is 44.7 Å². The molecule has 0 saturated carbocycles. The molecule has 5 nitrogen and oxygen atoms in total. The van der Waals surface area contributed by atoms with Gasteiger partial charge in [-0.25, -0.2) is 9.13 Å². The molecule has 0 unspecified atom stereocenters. The normalized spacial score (nSPS) is 10.2. The molecule has 0 fully saturated rings. The van der Waals surface area contributed by atoms with Gasteiger partial charge in [-0.2, -0.15) is 0 Å². The average molecular weight is 309 g/mol. The fourth-order valence-corrected chi connectivity index (χ4v) is 1.27. The summed E-state index contributed by atoms with van der Waals surface area (Å²) in [6.07, 6.45) is 6.06. The van der Waals surface area contributed by atoms with E-state index < -0.39 is 0 Å². The molecule has 0 spiro atoms. The first-order valence-electron chi connectivity index (χ1n) is 5.48. The maximum Gasteiger partial charge on any atom is 0.243 e. The van der Waals surface area contributed by atoms with Crippen LogP contribution in [0.1, 0.15) is 0 Å². The number of rotatable bonds is 9. The van der Waals surface area contributed by atoms with Gasteiger partial charge in [-0.15, -0.1) is 0 Å². The van der Waals surface area contributed by atoms with Crippen LogP contribution in [0.5, 0.6) is 0 Å². The minimum Gasteiger partial charge on any atom is -1.00 e. The Balaban J connectivity index is 0.00000256. The largest absolute Gasteiger partial charge is 1.00 e. The van der Waals surface area contributed by atoms with E-state index in [1.54, 1.807) is 7.11 Å². The maximum absolute atomic E-state index is 5.43. The molecule has 0 atom stereocenters. The predicted molar refractivity (Wildman–Crippen MR) is 59.1 cm³/mol. The third-order valence-corrected chi connectivity index (χ3v) is 2.12. The predicted octanol–water partition coefficient (Wildman–Crippen LogP) is -3.00. The molecule has 17 heavy (non-hydrogen) atoms. The highest BCUT2D eigenvalue weighted by Crippen LogP contribution is 1.86. The van der Waals surface area contributed by atoms with Crippen LogP contribution in [0.2, 0.25) is 0 Å². The van der Waals surface area contributed by atoms with Crippen LogP contribution in [-0.2, 0) is 27.8 Å². The lowest BCUT2D eigenvalue weighted by molar-refractivity contribution is -0.671. The van der Waals surface area contributed by atoms with Gasteiger partial charge in [-0.05, 0) is 0 Å². The summed E-state index contributed by atoms with van der Waals surface area (Å²) < 4.78 is 19.7. The molecule has 0 radical (unpaired) electrons. The van der Waals surface area contributed by atoms with Crippen LogP contribution in [0.4, 0.5) is 0 Å². The molecule has 0 bridgehead atoms. The van der Waals surface area contributed by atoms with Gasteiger partial charge >= 0.3 is 0 Å². The van der Waals surface area contributed by atoms with E-state index >= 15 is 0 Å². The second-order valence-corrected chi connectivity index (χ2v) is 3.53. The molecule has 1 aromatic heterocycles. The van der Waals surface area contributed by atoms with Gasteiger partial charge in [0.2, 0.25) is 6.33 Å². The first-order valence-corrected chi connectivity index (χ1v) is 5.48. The highest BCUT2D eigenvalue weighted by molar-refractivity contribution is 4.65. The fourth-order valence-electron chi connectivity index (χ4n) is 1.27. The molecule has 6 heteroatoms. The summed E-state index contributed by atoms with van der Waals surface area (Å²) in [6, 6.07) is 0. The molecule has 0 amide bonds. The summed E-state index contributed by atoms with van der Waals surface area (Å²) in [4.78, 5) is 0. The second kappa shape index (κ2) is 10.7. The zero-order chi connectivity index (χ0) is 11.6. The third kappa shape index (κ3) is 8.31. The Labute approximate surface area is 113 Å². The van der Waals surface area contributed by atoms with Gasteiger partial charge < -0.3 is 31.2 Å². The summed E-state index contributed by atoms with van der Waals surface area (Å²) in [5.41, 5.74) is 0. The minimum atomic E-state index is 0. The van der Waals surface area contributed by atoms with Gasteiger partial charge in [0, 0.05) is 7.11 Å². The quantitative estimate of drug-likeness (QED) is 0.360. The molecule has 0 N–H and O–H groups in total. The summed E-state index contributed by atoms with van der Waals surface area (Å²) in [7, 11) is 3.66. The molecule has 100 valence electrons. The lowest BCUT2D eigenvalue weighted by Gasteiger charge is -2.04. The zero-order valence-corrected chi connectivity index (χ0v) is 12.1. The van der Waals surface area contributed by atoms with E-state index in [1.165, 1.54) is 0 Å². The van der Waals surface area contributed by atoms with Crippen LogP contribution in [0, 0.1) is 0 Å². The van der Waals surface area contributed by atoms with Crippen molar-refractivity contribution >= 4 is 0 Å². The van der Waals surface area contributed by atoms with E-state index in [1.807, 2.05) is 30.3 Å². The monoisotopic (exact) mass is 308 g/mol. The van der Waals surface area contributed by atoms with Crippen molar-refractivity contribution in [3.63, 3.8) is 0 Å². The van der Waals surface area contributed by atoms with E-state index in [9.17, 15) is 0 Å². The molecule has 1 heterocycles. The standard InChI is InChI=1S/C11H21N2O3.BrH/c1-12-3-4-13(11-12)5-6-15-9-10-16-8-7-14-2;/h3-4,11H,5-10H2,1-2H3;1H/q+1;/p-1. The van der Waals surface area contributed by atoms with Crippen molar-refractivity contribution in [2.24, 2.45) is 7.05 Å². The Kier molecular flexibility index (Phi) is 10.4. The topological polar surface area (TPSA) is 36.5 Å². The van der Waals surface area contributed by atoms with E-state index in [4.69, 9.17) is 14.2 Å². The van der Waals surface area contributed by atoms with E-state index in [-0.39, 0.29) is 17.0 Å². The lowest BCUT2D eigenvalue weighted by Crippen LogP contribution is -3.00. The number of aryl methyl sites for hydroxylation is 1. The van der Waals surface area contributed by atoms with Crippen molar-refractivity contribution < 1.29 is 35.8 Å². The van der Waals surface area contributed by atoms with Crippen molar-refractivity contribution in [2.75, 3.05) is 40.1 Å². The molecule has 0 aliphatic carbocycles. The number of aromatic nitrogens is 2. The number of hydrogen-bond acceptors (Lipinski definition) is 3. The smallest absolute Gasteiger partial charge is 0.243 e. The molecular formula is C11H21BrN2O3. The molecule has 1 aromatic rings. The molecular weight excluding hydrogens is 288 g/mol. The van der Waals surface area contributed by atoms with Crippen LogP contribution in [0.3, 0.4) is 0 Å². The van der Waals surface area contributed by atoms with Crippen molar-refractivity contribution in [3.05, 3.63) is 18.7 Å². The lowest BCUT2D eigenvalue weighted by atomic mass is 10.6. The van der Waals surface area contributed by atoms with Crippen LogP contribution < -0.4 is 21.5 Å². The van der Waals surface area contributed by atoms with Crippen molar-refractivity contribution in [1.29, 1.82) is 0 Å². The summed E-state index contributed by atoms with van der Waals surface area (Å²) in [6.45, 7) is 4.12. The summed E-state index contributed by atoms with van der Waals surface area (Å²) in [5, 5.41) is 0. The van der Waals surface area contributed by atoms with Gasteiger partial charge in [0.15, 0.2) is 0 Å². The Bertz CT molecular complexity index is 281. The Morgan fingerprint density at radius 3 is 2.29 bits per heavy atom. The SMILES string of the molecule is COCCOCCOCCn1cc[n+](C)c1.[Br-]. The minimum absolute atomic E-state index is 0. The van der Waals surface area contributed by atoms with E-state index in [0.717, 1.165) is 6.54 Å². The van der Waals surface area contributed by atoms with Crippen molar-refractivity contribution in [1.82, 2.24) is 4.57 Å². The van der Waals surface area contributed by atoms with Crippen LogP contribution in [0.15, 0.2) is 18.7 Å². The Hall–Kier alpha value is -0.430. The number of hydrogen-bond donors (Lipinski definition) is 0. The van der Waals surface area contributed by atoms with Gasteiger partial charge in [0.1, 0.15) is 18.9 Å². The molecule has 1 rings (SSSR count). The molecule has 0 aliphatic rings. The van der Waals surface area contributed by atoms with Crippen LogP contribution >= 0.6 is 0 Å². The number of imidazole rings is 1. The molecule has 0 saturated heterocycles. The Morgan fingerprint density at radius 2 is 1.71 bits per heavy atom. The van der Waals surface area contributed by atoms with Gasteiger partial charge in [-0.3, -0.25) is 0 Å².